The Balaban J connectivity index is 1.99. The molecule has 2 rings (SSSR count). The number of ether oxygens (including phenoxy) is 1. The van der Waals surface area contributed by atoms with E-state index in [0.717, 1.165) is 30.0 Å². The Morgan fingerprint density at radius 2 is 2.27 bits per heavy atom. The van der Waals surface area contributed by atoms with Crippen molar-refractivity contribution in [2.75, 3.05) is 6.61 Å². The fourth-order valence-corrected chi connectivity index (χ4v) is 2.14. The Morgan fingerprint density at radius 3 is 2.93 bits per heavy atom. The van der Waals surface area contributed by atoms with Crippen LogP contribution in [0.5, 0.6) is 0 Å². The van der Waals surface area contributed by atoms with Crippen LogP contribution in [-0.2, 0) is 11.2 Å². The van der Waals surface area contributed by atoms with Crippen molar-refractivity contribution in [3.8, 4) is 0 Å². The van der Waals surface area contributed by atoms with Crippen molar-refractivity contribution in [3.05, 3.63) is 34.9 Å². The Labute approximate surface area is 94.8 Å². The lowest BCUT2D eigenvalue weighted by molar-refractivity contribution is -0.000762. The molecule has 1 aromatic rings. The lowest BCUT2D eigenvalue weighted by Crippen LogP contribution is -2.27. The van der Waals surface area contributed by atoms with Crippen LogP contribution >= 0.6 is 11.6 Å². The third-order valence-corrected chi connectivity index (χ3v) is 3.15. The average molecular weight is 227 g/mol. The smallest absolute Gasteiger partial charge is 0.0842 e. The van der Waals surface area contributed by atoms with E-state index in [0.29, 0.717) is 6.42 Å². The second kappa shape index (κ2) is 4.97. The highest BCUT2D eigenvalue weighted by molar-refractivity contribution is 6.31. The molecule has 1 fully saturated rings. The zero-order valence-electron chi connectivity index (χ0n) is 8.53. The fraction of sp³-hybridized carbons (Fsp3) is 0.500. The van der Waals surface area contributed by atoms with Crippen LogP contribution in [0.2, 0.25) is 5.02 Å². The molecule has 1 aliphatic rings. The van der Waals surface area contributed by atoms with Gasteiger partial charge in [-0.1, -0.05) is 29.8 Å². The van der Waals surface area contributed by atoms with Gasteiger partial charge in [0.15, 0.2) is 0 Å². The molecule has 0 aliphatic carbocycles. The summed E-state index contributed by atoms with van der Waals surface area (Å²) in [6, 6.07) is 7.62. The van der Waals surface area contributed by atoms with E-state index < -0.39 is 6.10 Å². The van der Waals surface area contributed by atoms with Gasteiger partial charge in [0.2, 0.25) is 0 Å². The molecule has 82 valence electrons. The predicted octanol–water partition coefficient (Wildman–Crippen LogP) is 2.42. The average Bonchev–Trinajstić information content (AvgIpc) is 2.74. The van der Waals surface area contributed by atoms with Crippen molar-refractivity contribution in [1.82, 2.24) is 0 Å². The first-order valence-electron chi connectivity index (χ1n) is 5.30. The van der Waals surface area contributed by atoms with Crippen LogP contribution in [0.3, 0.4) is 0 Å². The van der Waals surface area contributed by atoms with Crippen LogP contribution in [0.4, 0.5) is 0 Å². The summed E-state index contributed by atoms with van der Waals surface area (Å²) >= 11 is 6.02. The summed E-state index contributed by atoms with van der Waals surface area (Å²) in [6.07, 6.45) is 2.12. The molecule has 0 radical (unpaired) electrons. The summed E-state index contributed by atoms with van der Waals surface area (Å²) in [5.41, 5.74) is 0.988. The first kappa shape index (κ1) is 10.9. The SMILES string of the molecule is OC(Cc1ccccc1Cl)C1CCCO1. The first-order valence-corrected chi connectivity index (χ1v) is 5.68. The zero-order valence-corrected chi connectivity index (χ0v) is 9.28. The second-order valence-corrected chi connectivity index (χ2v) is 4.32. The predicted molar refractivity (Wildman–Crippen MR) is 60.1 cm³/mol. The van der Waals surface area contributed by atoms with Gasteiger partial charge in [0.1, 0.15) is 0 Å². The van der Waals surface area contributed by atoms with E-state index in [1.54, 1.807) is 0 Å². The number of aliphatic hydroxyl groups excluding tert-OH is 1. The van der Waals surface area contributed by atoms with Crippen LogP contribution < -0.4 is 0 Å². The molecule has 2 unspecified atom stereocenters. The maximum Gasteiger partial charge on any atom is 0.0842 e. The summed E-state index contributed by atoms with van der Waals surface area (Å²) in [7, 11) is 0. The molecule has 15 heavy (non-hydrogen) atoms. The van der Waals surface area contributed by atoms with Crippen molar-refractivity contribution in [3.63, 3.8) is 0 Å². The highest BCUT2D eigenvalue weighted by Crippen LogP contribution is 2.22. The van der Waals surface area contributed by atoms with Crippen LogP contribution in [0.25, 0.3) is 0 Å². The number of rotatable bonds is 3. The lowest BCUT2D eigenvalue weighted by atomic mass is 10.0. The van der Waals surface area contributed by atoms with E-state index in [1.165, 1.54) is 0 Å². The molecular formula is C12H15ClO2. The standard InChI is InChI=1S/C12H15ClO2/c13-10-5-2-1-4-9(10)8-11(14)12-6-3-7-15-12/h1-2,4-5,11-12,14H,3,6-8H2. The number of hydrogen-bond donors (Lipinski definition) is 1. The molecule has 0 saturated carbocycles. The van der Waals surface area contributed by atoms with Crippen LogP contribution in [0, 0.1) is 0 Å². The van der Waals surface area contributed by atoms with Gasteiger partial charge >= 0.3 is 0 Å². The maximum atomic E-state index is 9.94. The molecule has 1 saturated heterocycles. The van der Waals surface area contributed by atoms with Crippen LogP contribution in [-0.4, -0.2) is 23.9 Å². The van der Waals surface area contributed by atoms with Crippen molar-refractivity contribution < 1.29 is 9.84 Å². The van der Waals surface area contributed by atoms with Gasteiger partial charge in [0.25, 0.3) is 0 Å². The zero-order chi connectivity index (χ0) is 10.7. The summed E-state index contributed by atoms with van der Waals surface area (Å²) < 4.78 is 5.43. The fourth-order valence-electron chi connectivity index (χ4n) is 1.93. The molecule has 0 bridgehead atoms. The normalized spacial score (nSPS) is 22.9. The highest BCUT2D eigenvalue weighted by Gasteiger charge is 2.24. The van der Waals surface area contributed by atoms with Gasteiger partial charge in [-0.05, 0) is 24.5 Å². The Kier molecular flexibility index (Phi) is 3.62. The van der Waals surface area contributed by atoms with E-state index in [4.69, 9.17) is 16.3 Å². The second-order valence-electron chi connectivity index (χ2n) is 3.91. The summed E-state index contributed by atoms with van der Waals surface area (Å²) in [6.45, 7) is 0.768. The van der Waals surface area contributed by atoms with Gasteiger partial charge in [-0.25, -0.2) is 0 Å². The topological polar surface area (TPSA) is 29.5 Å². The minimum atomic E-state index is -0.438. The molecule has 0 aromatic heterocycles. The van der Waals surface area contributed by atoms with E-state index in [9.17, 15) is 5.11 Å². The summed E-state index contributed by atoms with van der Waals surface area (Å²) in [5.74, 6) is 0. The van der Waals surface area contributed by atoms with Crippen molar-refractivity contribution >= 4 is 11.6 Å². The minimum Gasteiger partial charge on any atom is -0.390 e. The van der Waals surface area contributed by atoms with Gasteiger partial charge in [-0.15, -0.1) is 0 Å². The molecule has 1 N–H and O–H groups in total. The van der Waals surface area contributed by atoms with Crippen LogP contribution in [0.1, 0.15) is 18.4 Å². The molecule has 3 heteroatoms. The lowest BCUT2D eigenvalue weighted by Gasteiger charge is -2.17. The van der Waals surface area contributed by atoms with E-state index in [2.05, 4.69) is 0 Å². The molecular weight excluding hydrogens is 212 g/mol. The molecule has 2 atom stereocenters. The van der Waals surface area contributed by atoms with Gasteiger partial charge < -0.3 is 9.84 Å². The molecule has 1 aromatic carbocycles. The third-order valence-electron chi connectivity index (χ3n) is 2.78. The van der Waals surface area contributed by atoms with Crippen LogP contribution in [0.15, 0.2) is 24.3 Å². The summed E-state index contributed by atoms with van der Waals surface area (Å²) in [5, 5.41) is 10.7. The van der Waals surface area contributed by atoms with Gasteiger partial charge in [-0.2, -0.15) is 0 Å². The third kappa shape index (κ3) is 2.71. The van der Waals surface area contributed by atoms with Crippen molar-refractivity contribution in [2.45, 2.75) is 31.5 Å². The monoisotopic (exact) mass is 226 g/mol. The highest BCUT2D eigenvalue weighted by atomic mass is 35.5. The molecule has 1 aliphatic heterocycles. The van der Waals surface area contributed by atoms with Gasteiger partial charge in [0, 0.05) is 18.1 Å². The largest absolute Gasteiger partial charge is 0.390 e. The Bertz CT molecular complexity index is 321. The number of benzene rings is 1. The maximum absolute atomic E-state index is 9.94. The van der Waals surface area contributed by atoms with Gasteiger partial charge in [-0.3, -0.25) is 0 Å². The van der Waals surface area contributed by atoms with Crippen molar-refractivity contribution in [1.29, 1.82) is 0 Å². The number of hydrogen-bond acceptors (Lipinski definition) is 2. The van der Waals surface area contributed by atoms with E-state index in [1.807, 2.05) is 24.3 Å². The molecule has 1 heterocycles. The molecule has 2 nitrogen and oxygen atoms in total. The Hall–Kier alpha value is -0.570. The minimum absolute atomic E-state index is 0.0127. The summed E-state index contributed by atoms with van der Waals surface area (Å²) in [4.78, 5) is 0. The Morgan fingerprint density at radius 1 is 1.47 bits per heavy atom. The number of halogens is 1. The molecule has 0 amide bonds. The first-order chi connectivity index (χ1) is 7.27. The quantitative estimate of drug-likeness (QED) is 0.858. The van der Waals surface area contributed by atoms with Crippen molar-refractivity contribution in [2.24, 2.45) is 0 Å². The van der Waals surface area contributed by atoms with E-state index in [-0.39, 0.29) is 6.10 Å². The van der Waals surface area contributed by atoms with E-state index >= 15 is 0 Å². The van der Waals surface area contributed by atoms with Gasteiger partial charge in [0.05, 0.1) is 12.2 Å². The number of aliphatic hydroxyl groups is 1. The molecule has 0 spiro atoms.